The normalized spacial score (nSPS) is 30.8. The van der Waals surface area contributed by atoms with E-state index in [1.807, 2.05) is 19.9 Å². The van der Waals surface area contributed by atoms with Crippen molar-refractivity contribution in [3.63, 3.8) is 0 Å². The zero-order valence-corrected chi connectivity index (χ0v) is 7.87. The second-order valence-corrected chi connectivity index (χ2v) is 3.84. The first-order valence-electron chi connectivity index (χ1n) is 4.42. The number of aliphatic hydroxyl groups is 1. The Labute approximate surface area is 73.3 Å². The molecule has 0 aromatic rings. The molecule has 0 heterocycles. The van der Waals surface area contributed by atoms with Crippen molar-refractivity contribution >= 4 is 5.78 Å². The Morgan fingerprint density at radius 3 is 2.67 bits per heavy atom. The summed E-state index contributed by atoms with van der Waals surface area (Å²) in [4.78, 5) is 11.5. The van der Waals surface area contributed by atoms with Crippen LogP contribution in [0.4, 0.5) is 0 Å². The minimum absolute atomic E-state index is 0.00926. The number of ketones is 1. The van der Waals surface area contributed by atoms with Gasteiger partial charge in [0.05, 0.1) is 0 Å². The lowest BCUT2D eigenvalue weighted by atomic mass is 9.80. The molecule has 2 nitrogen and oxygen atoms in total. The molecule has 0 unspecified atom stereocenters. The van der Waals surface area contributed by atoms with Gasteiger partial charge in [-0.05, 0) is 24.8 Å². The number of rotatable bonds is 1. The van der Waals surface area contributed by atoms with E-state index in [4.69, 9.17) is 0 Å². The number of hydrogen-bond donors (Lipinski definition) is 1. The maximum Gasteiger partial charge on any atom is 0.169 e. The number of carbonyl (C=O) groups excluding carboxylic acids is 1. The molecule has 0 amide bonds. The van der Waals surface area contributed by atoms with Crippen molar-refractivity contribution in [2.75, 3.05) is 0 Å². The molecule has 0 saturated carbocycles. The zero-order valence-electron chi connectivity index (χ0n) is 7.87. The van der Waals surface area contributed by atoms with Gasteiger partial charge < -0.3 is 5.11 Å². The number of aliphatic hydroxyl groups excluding tert-OH is 1. The molecule has 2 heteroatoms. The largest absolute Gasteiger partial charge is 0.381 e. The molecule has 0 aromatic heterocycles. The van der Waals surface area contributed by atoms with Crippen LogP contribution in [0, 0.1) is 11.8 Å². The van der Waals surface area contributed by atoms with E-state index in [0.29, 0.717) is 5.92 Å². The van der Waals surface area contributed by atoms with Gasteiger partial charge in [-0.3, -0.25) is 4.79 Å². The Morgan fingerprint density at radius 2 is 2.17 bits per heavy atom. The van der Waals surface area contributed by atoms with E-state index in [2.05, 4.69) is 0 Å². The highest BCUT2D eigenvalue weighted by Crippen LogP contribution is 2.26. The van der Waals surface area contributed by atoms with E-state index in [-0.39, 0.29) is 11.7 Å². The van der Waals surface area contributed by atoms with E-state index >= 15 is 0 Å². The van der Waals surface area contributed by atoms with Gasteiger partial charge in [-0.2, -0.15) is 0 Å². The van der Waals surface area contributed by atoms with Crippen LogP contribution in [0.15, 0.2) is 11.6 Å². The monoisotopic (exact) mass is 168 g/mol. The summed E-state index contributed by atoms with van der Waals surface area (Å²) in [5.74, 6) is 0.338. The standard InChI is InChI=1S/C10H16O2/c1-6(2)8-5-4-7(3)9(11)10(8)12/h4,6,8-9,11H,5H2,1-3H3/t8-,9-/m0/s1. The third-order valence-electron chi connectivity index (χ3n) is 2.56. The van der Waals surface area contributed by atoms with Crippen molar-refractivity contribution < 1.29 is 9.90 Å². The highest BCUT2D eigenvalue weighted by molar-refractivity contribution is 5.89. The molecule has 1 aliphatic rings. The average molecular weight is 168 g/mol. The molecule has 0 spiro atoms. The Balaban J connectivity index is 2.80. The number of allylic oxidation sites excluding steroid dienone is 1. The van der Waals surface area contributed by atoms with Crippen molar-refractivity contribution in [2.45, 2.75) is 33.3 Å². The van der Waals surface area contributed by atoms with Crippen LogP contribution in [-0.4, -0.2) is 17.0 Å². The Kier molecular flexibility index (Phi) is 2.68. The molecule has 1 N–H and O–H groups in total. The molecule has 0 bridgehead atoms. The fourth-order valence-corrected chi connectivity index (χ4v) is 1.57. The molecular formula is C10H16O2. The second-order valence-electron chi connectivity index (χ2n) is 3.84. The molecule has 0 aromatic carbocycles. The van der Waals surface area contributed by atoms with Crippen molar-refractivity contribution in [3.8, 4) is 0 Å². The highest BCUT2D eigenvalue weighted by atomic mass is 16.3. The maximum absolute atomic E-state index is 11.5. The van der Waals surface area contributed by atoms with E-state index in [0.717, 1.165) is 12.0 Å². The summed E-state index contributed by atoms with van der Waals surface area (Å²) in [7, 11) is 0. The van der Waals surface area contributed by atoms with Crippen molar-refractivity contribution in [1.82, 2.24) is 0 Å². The smallest absolute Gasteiger partial charge is 0.169 e. The van der Waals surface area contributed by atoms with Crippen LogP contribution in [0.25, 0.3) is 0 Å². The quantitative estimate of drug-likeness (QED) is 0.603. The Bertz CT molecular complexity index is 216. The summed E-state index contributed by atoms with van der Waals surface area (Å²) < 4.78 is 0. The zero-order chi connectivity index (χ0) is 9.30. The van der Waals surface area contributed by atoms with Crippen LogP contribution in [-0.2, 0) is 4.79 Å². The summed E-state index contributed by atoms with van der Waals surface area (Å²) in [6.45, 7) is 5.84. The fraction of sp³-hybridized carbons (Fsp3) is 0.700. The molecule has 1 aliphatic carbocycles. The number of carbonyl (C=O) groups is 1. The van der Waals surface area contributed by atoms with Gasteiger partial charge in [-0.15, -0.1) is 0 Å². The van der Waals surface area contributed by atoms with E-state index in [1.54, 1.807) is 6.92 Å². The van der Waals surface area contributed by atoms with Crippen LogP contribution in [0.1, 0.15) is 27.2 Å². The van der Waals surface area contributed by atoms with Gasteiger partial charge in [0.25, 0.3) is 0 Å². The van der Waals surface area contributed by atoms with E-state index in [1.165, 1.54) is 0 Å². The van der Waals surface area contributed by atoms with Gasteiger partial charge in [0.1, 0.15) is 6.10 Å². The van der Waals surface area contributed by atoms with Gasteiger partial charge in [0.15, 0.2) is 5.78 Å². The lowest BCUT2D eigenvalue weighted by Crippen LogP contribution is -2.34. The van der Waals surface area contributed by atoms with Crippen molar-refractivity contribution in [1.29, 1.82) is 0 Å². The van der Waals surface area contributed by atoms with Crippen LogP contribution in [0.5, 0.6) is 0 Å². The predicted octanol–water partition coefficient (Wildman–Crippen LogP) is 1.54. The Morgan fingerprint density at radius 1 is 1.58 bits per heavy atom. The summed E-state index contributed by atoms with van der Waals surface area (Å²) in [6, 6.07) is 0. The summed E-state index contributed by atoms with van der Waals surface area (Å²) in [6.07, 6.45) is 1.92. The second kappa shape index (κ2) is 3.40. The van der Waals surface area contributed by atoms with Crippen molar-refractivity contribution in [3.05, 3.63) is 11.6 Å². The van der Waals surface area contributed by atoms with Gasteiger partial charge in [0.2, 0.25) is 0 Å². The molecule has 2 atom stereocenters. The van der Waals surface area contributed by atoms with Crippen molar-refractivity contribution in [2.24, 2.45) is 11.8 Å². The first-order valence-corrected chi connectivity index (χ1v) is 4.42. The van der Waals surface area contributed by atoms with Gasteiger partial charge in [0, 0.05) is 5.92 Å². The first-order chi connectivity index (χ1) is 5.54. The van der Waals surface area contributed by atoms with E-state index in [9.17, 15) is 9.90 Å². The predicted molar refractivity (Wildman–Crippen MR) is 47.7 cm³/mol. The van der Waals surface area contributed by atoms with Crippen LogP contribution < -0.4 is 0 Å². The van der Waals surface area contributed by atoms with Gasteiger partial charge in [-0.25, -0.2) is 0 Å². The maximum atomic E-state index is 11.5. The number of hydrogen-bond acceptors (Lipinski definition) is 2. The molecule has 0 fully saturated rings. The van der Waals surface area contributed by atoms with Gasteiger partial charge >= 0.3 is 0 Å². The Hall–Kier alpha value is -0.630. The summed E-state index contributed by atoms with van der Waals surface area (Å²) in [5.41, 5.74) is 0.803. The minimum Gasteiger partial charge on any atom is -0.381 e. The summed E-state index contributed by atoms with van der Waals surface area (Å²) in [5, 5.41) is 9.45. The molecule has 0 radical (unpaired) electrons. The fourth-order valence-electron chi connectivity index (χ4n) is 1.57. The molecule has 68 valence electrons. The number of Topliss-reactive ketones (excluding diaryl/α,β-unsaturated/α-hetero) is 1. The first kappa shape index (κ1) is 9.46. The van der Waals surface area contributed by atoms with Crippen LogP contribution in [0.3, 0.4) is 0 Å². The van der Waals surface area contributed by atoms with Crippen LogP contribution >= 0.6 is 0 Å². The highest BCUT2D eigenvalue weighted by Gasteiger charge is 2.31. The topological polar surface area (TPSA) is 37.3 Å². The minimum atomic E-state index is -0.842. The third-order valence-corrected chi connectivity index (χ3v) is 2.56. The third kappa shape index (κ3) is 1.58. The van der Waals surface area contributed by atoms with E-state index < -0.39 is 6.10 Å². The van der Waals surface area contributed by atoms with Gasteiger partial charge in [-0.1, -0.05) is 19.9 Å². The molecule has 1 rings (SSSR count). The molecular weight excluding hydrogens is 152 g/mol. The lowest BCUT2D eigenvalue weighted by Gasteiger charge is -2.26. The van der Waals surface area contributed by atoms with Crippen LogP contribution in [0.2, 0.25) is 0 Å². The lowest BCUT2D eigenvalue weighted by molar-refractivity contribution is -0.131. The SMILES string of the molecule is CC1=CC[C@@H](C(C)C)C(=O)[C@H]1O. The summed E-state index contributed by atoms with van der Waals surface area (Å²) >= 11 is 0. The average Bonchev–Trinajstić information content (AvgIpc) is 2.00. The molecule has 0 saturated heterocycles. The molecule has 0 aliphatic heterocycles. The molecule has 12 heavy (non-hydrogen) atoms.